The third-order valence-corrected chi connectivity index (χ3v) is 5.82. The topological polar surface area (TPSA) is 72.5 Å². The van der Waals surface area contributed by atoms with Gasteiger partial charge in [0.05, 0.1) is 31.8 Å². The summed E-state index contributed by atoms with van der Waals surface area (Å²) in [6, 6.07) is 13.1. The lowest BCUT2D eigenvalue weighted by Gasteiger charge is -2.15. The molecule has 0 amide bonds. The molecule has 1 aliphatic heterocycles. The number of fused-ring (bicyclic) bond motifs is 1. The molecule has 0 bridgehead atoms. The van der Waals surface area contributed by atoms with Crippen molar-refractivity contribution in [2.24, 2.45) is 0 Å². The molecule has 0 radical (unpaired) electrons. The van der Waals surface area contributed by atoms with Crippen molar-refractivity contribution >= 4 is 33.8 Å². The molecule has 0 saturated carbocycles. The normalized spacial score (nSPS) is 13.9. The molecule has 0 atom stereocenters. The van der Waals surface area contributed by atoms with Crippen molar-refractivity contribution in [3.8, 4) is 11.5 Å². The third kappa shape index (κ3) is 4.70. The standard InChI is InChI=1S/C23H28N4O3.BrH/c1-29-21-10-9-17(15-22(21)30-2)20(28)16-27-19-8-4-3-7-18(19)26(23(27)24)14-13-25-11-5-6-12-25;/h3-4,7-10,15,24H,5-6,11-14,16H2,1-2H3;1H. The molecular weight excluding hydrogens is 460 g/mol. The average molecular weight is 489 g/mol. The van der Waals surface area contributed by atoms with Crippen LogP contribution in [-0.2, 0) is 13.1 Å². The minimum absolute atomic E-state index is 0. The first-order valence-corrected chi connectivity index (χ1v) is 10.3. The van der Waals surface area contributed by atoms with E-state index in [0.29, 0.717) is 22.7 Å². The van der Waals surface area contributed by atoms with Crippen LogP contribution in [-0.4, -0.2) is 53.7 Å². The Bertz CT molecular complexity index is 1120. The monoisotopic (exact) mass is 488 g/mol. The molecule has 1 saturated heterocycles. The minimum Gasteiger partial charge on any atom is -0.493 e. The van der Waals surface area contributed by atoms with Gasteiger partial charge in [-0.15, -0.1) is 17.0 Å². The molecule has 3 aromatic rings. The minimum atomic E-state index is -0.0723. The first-order valence-electron chi connectivity index (χ1n) is 10.3. The zero-order valence-electron chi connectivity index (χ0n) is 18.0. The Morgan fingerprint density at radius 2 is 1.58 bits per heavy atom. The van der Waals surface area contributed by atoms with Gasteiger partial charge < -0.3 is 23.5 Å². The van der Waals surface area contributed by atoms with E-state index < -0.39 is 0 Å². The van der Waals surface area contributed by atoms with Crippen molar-refractivity contribution < 1.29 is 14.3 Å². The van der Waals surface area contributed by atoms with E-state index in [9.17, 15) is 4.79 Å². The molecule has 1 aromatic heterocycles. The molecule has 0 aliphatic carbocycles. The second-order valence-electron chi connectivity index (χ2n) is 7.59. The van der Waals surface area contributed by atoms with Crippen LogP contribution in [0.15, 0.2) is 42.5 Å². The molecule has 7 nitrogen and oxygen atoms in total. The lowest BCUT2D eigenvalue weighted by molar-refractivity contribution is 0.0971. The summed E-state index contributed by atoms with van der Waals surface area (Å²) in [6.45, 7) is 4.03. The summed E-state index contributed by atoms with van der Waals surface area (Å²) in [4.78, 5) is 15.5. The van der Waals surface area contributed by atoms with Crippen LogP contribution in [0.2, 0.25) is 0 Å². The zero-order chi connectivity index (χ0) is 21.1. The van der Waals surface area contributed by atoms with Gasteiger partial charge >= 0.3 is 0 Å². The average Bonchev–Trinajstić information content (AvgIpc) is 3.39. The Hall–Kier alpha value is -2.58. The number of likely N-dealkylation sites (tertiary alicyclic amines) is 1. The molecule has 4 rings (SSSR count). The lowest BCUT2D eigenvalue weighted by atomic mass is 10.1. The Kier molecular flexibility index (Phi) is 7.56. The number of aromatic nitrogens is 2. The number of ketones is 1. The number of para-hydroxylation sites is 2. The van der Waals surface area contributed by atoms with Gasteiger partial charge in [-0.1, -0.05) is 12.1 Å². The molecule has 0 unspecified atom stereocenters. The van der Waals surface area contributed by atoms with E-state index in [0.717, 1.165) is 37.2 Å². The highest BCUT2D eigenvalue weighted by Crippen LogP contribution is 2.28. The molecule has 166 valence electrons. The molecule has 1 aliphatic rings. The van der Waals surface area contributed by atoms with Crippen molar-refractivity contribution in [1.29, 1.82) is 5.41 Å². The summed E-state index contributed by atoms with van der Waals surface area (Å²) in [5, 5.41) is 8.76. The lowest BCUT2D eigenvalue weighted by Crippen LogP contribution is -2.31. The predicted octanol–water partition coefficient (Wildman–Crippen LogP) is 3.50. The van der Waals surface area contributed by atoms with Crippen molar-refractivity contribution in [2.75, 3.05) is 33.9 Å². The summed E-state index contributed by atoms with van der Waals surface area (Å²) >= 11 is 0. The van der Waals surface area contributed by atoms with Gasteiger partial charge in [-0.2, -0.15) is 0 Å². The van der Waals surface area contributed by atoms with Crippen LogP contribution in [0.1, 0.15) is 23.2 Å². The van der Waals surface area contributed by atoms with Crippen LogP contribution >= 0.6 is 17.0 Å². The number of imidazole rings is 1. The first-order chi connectivity index (χ1) is 14.6. The van der Waals surface area contributed by atoms with Crippen molar-refractivity contribution in [3.05, 3.63) is 53.6 Å². The molecule has 2 heterocycles. The molecule has 8 heteroatoms. The molecular formula is C23H29BrN4O3. The van der Waals surface area contributed by atoms with Crippen LogP contribution in [0.3, 0.4) is 0 Å². The molecule has 1 fully saturated rings. The van der Waals surface area contributed by atoms with Crippen LogP contribution in [0.25, 0.3) is 11.0 Å². The second-order valence-corrected chi connectivity index (χ2v) is 7.59. The number of halogens is 1. The highest BCUT2D eigenvalue weighted by atomic mass is 79.9. The van der Waals surface area contributed by atoms with Gasteiger partial charge in [-0.05, 0) is 56.3 Å². The first kappa shape index (κ1) is 23.1. The quantitative estimate of drug-likeness (QED) is 0.492. The van der Waals surface area contributed by atoms with Crippen LogP contribution in [0.4, 0.5) is 0 Å². The summed E-state index contributed by atoms with van der Waals surface area (Å²) in [5.41, 5.74) is 2.78. The Labute approximate surface area is 192 Å². The highest BCUT2D eigenvalue weighted by molar-refractivity contribution is 8.93. The van der Waals surface area contributed by atoms with E-state index in [1.54, 1.807) is 37.0 Å². The number of hydrogen-bond acceptors (Lipinski definition) is 5. The summed E-state index contributed by atoms with van der Waals surface area (Å²) < 4.78 is 14.4. The van der Waals surface area contributed by atoms with Gasteiger partial charge in [0, 0.05) is 18.7 Å². The van der Waals surface area contributed by atoms with Crippen molar-refractivity contribution in [3.63, 3.8) is 0 Å². The number of ether oxygens (including phenoxy) is 2. The van der Waals surface area contributed by atoms with Crippen molar-refractivity contribution in [2.45, 2.75) is 25.9 Å². The Morgan fingerprint density at radius 1 is 0.935 bits per heavy atom. The Morgan fingerprint density at radius 3 is 2.23 bits per heavy atom. The van der Waals surface area contributed by atoms with E-state index in [1.165, 1.54) is 12.8 Å². The predicted molar refractivity (Wildman–Crippen MR) is 126 cm³/mol. The van der Waals surface area contributed by atoms with Crippen LogP contribution in [0, 0.1) is 5.41 Å². The number of rotatable bonds is 8. The third-order valence-electron chi connectivity index (χ3n) is 5.82. The fourth-order valence-corrected chi connectivity index (χ4v) is 4.17. The highest BCUT2D eigenvalue weighted by Gasteiger charge is 2.17. The zero-order valence-corrected chi connectivity index (χ0v) is 19.7. The van der Waals surface area contributed by atoms with E-state index >= 15 is 0 Å². The molecule has 2 aromatic carbocycles. The van der Waals surface area contributed by atoms with E-state index in [2.05, 4.69) is 4.90 Å². The number of Topliss-reactive ketones (excluding diaryl/α,β-unsaturated/α-hetero) is 1. The van der Waals surface area contributed by atoms with Gasteiger partial charge in [0.2, 0.25) is 5.62 Å². The number of benzene rings is 2. The van der Waals surface area contributed by atoms with E-state index in [4.69, 9.17) is 14.9 Å². The number of nitrogens with one attached hydrogen (secondary N) is 1. The number of hydrogen-bond donors (Lipinski definition) is 1. The van der Waals surface area contributed by atoms with Gasteiger partial charge in [0.1, 0.15) is 0 Å². The Balaban J connectivity index is 0.00000272. The van der Waals surface area contributed by atoms with E-state index in [-0.39, 0.29) is 29.3 Å². The van der Waals surface area contributed by atoms with Crippen molar-refractivity contribution in [1.82, 2.24) is 14.0 Å². The fraction of sp³-hybridized carbons (Fsp3) is 0.391. The number of carbonyl (C=O) groups excluding carboxylic acids is 1. The van der Waals surface area contributed by atoms with Crippen LogP contribution in [0.5, 0.6) is 11.5 Å². The van der Waals surface area contributed by atoms with E-state index in [1.807, 2.05) is 28.8 Å². The second kappa shape index (κ2) is 10.2. The largest absolute Gasteiger partial charge is 0.493 e. The molecule has 31 heavy (non-hydrogen) atoms. The van der Waals surface area contributed by atoms with Crippen LogP contribution < -0.4 is 15.1 Å². The van der Waals surface area contributed by atoms with Gasteiger partial charge in [0.15, 0.2) is 17.3 Å². The molecule has 0 spiro atoms. The maximum atomic E-state index is 13.0. The van der Waals surface area contributed by atoms with Gasteiger partial charge in [-0.3, -0.25) is 10.2 Å². The number of methoxy groups -OCH3 is 2. The summed E-state index contributed by atoms with van der Waals surface area (Å²) in [5.74, 6) is 1.03. The summed E-state index contributed by atoms with van der Waals surface area (Å²) in [6.07, 6.45) is 2.50. The fourth-order valence-electron chi connectivity index (χ4n) is 4.17. The number of carbonyl (C=O) groups is 1. The van der Waals surface area contributed by atoms with Gasteiger partial charge in [-0.25, -0.2) is 0 Å². The van der Waals surface area contributed by atoms with Gasteiger partial charge in [0.25, 0.3) is 0 Å². The molecule has 1 N–H and O–H groups in total. The number of nitrogens with zero attached hydrogens (tertiary/aromatic N) is 3. The maximum absolute atomic E-state index is 13.0. The summed E-state index contributed by atoms with van der Waals surface area (Å²) in [7, 11) is 3.12. The SMILES string of the molecule is Br.COc1ccc(C(=O)Cn2c(=N)n(CCN3CCCC3)c3ccccc32)cc1OC. The smallest absolute Gasteiger partial charge is 0.203 e. The maximum Gasteiger partial charge on any atom is 0.203 e.